The molecule has 10 heteroatoms. The number of carbonyl (C=O) groups is 2. The van der Waals surface area contributed by atoms with Crippen LogP contribution in [0.3, 0.4) is 0 Å². The molecular formula is C10H12F3N3O3S. The number of nitrogens with one attached hydrogen (secondary N) is 1. The van der Waals surface area contributed by atoms with Gasteiger partial charge in [0.05, 0.1) is 5.01 Å². The summed E-state index contributed by atoms with van der Waals surface area (Å²) in [5.74, 6) is -2.54. The number of nitrogens with two attached hydrogens (primary N) is 1. The van der Waals surface area contributed by atoms with Crippen molar-refractivity contribution in [1.82, 2.24) is 10.3 Å². The molecule has 1 unspecified atom stereocenters. The van der Waals surface area contributed by atoms with E-state index in [0.29, 0.717) is 11.9 Å². The predicted octanol–water partition coefficient (Wildman–Crippen LogP) is 0.780. The van der Waals surface area contributed by atoms with E-state index in [4.69, 9.17) is 10.8 Å². The summed E-state index contributed by atoms with van der Waals surface area (Å²) in [4.78, 5) is 25.7. The highest BCUT2D eigenvalue weighted by molar-refractivity contribution is 7.09. The minimum atomic E-state index is -4.85. The van der Waals surface area contributed by atoms with Crippen molar-refractivity contribution in [2.24, 2.45) is 5.73 Å². The second-order valence-electron chi connectivity index (χ2n) is 4.14. The first-order chi connectivity index (χ1) is 9.05. The van der Waals surface area contributed by atoms with Gasteiger partial charge in [-0.1, -0.05) is 0 Å². The van der Waals surface area contributed by atoms with Crippen LogP contribution in [-0.2, 0) is 11.2 Å². The summed E-state index contributed by atoms with van der Waals surface area (Å²) < 4.78 is 37.4. The third-order valence-corrected chi connectivity index (χ3v) is 3.36. The van der Waals surface area contributed by atoms with Gasteiger partial charge in [-0.15, -0.1) is 11.3 Å². The molecule has 20 heavy (non-hydrogen) atoms. The van der Waals surface area contributed by atoms with Crippen molar-refractivity contribution in [3.63, 3.8) is 0 Å². The van der Waals surface area contributed by atoms with Gasteiger partial charge in [0.25, 0.3) is 0 Å². The summed E-state index contributed by atoms with van der Waals surface area (Å²) in [5, 5.41) is 12.4. The summed E-state index contributed by atoms with van der Waals surface area (Å²) in [6.07, 6.45) is -4.73. The molecule has 0 bridgehead atoms. The van der Waals surface area contributed by atoms with E-state index < -0.39 is 23.6 Å². The largest absolute Gasteiger partial charge is 0.476 e. The molecule has 0 aliphatic carbocycles. The van der Waals surface area contributed by atoms with Crippen molar-refractivity contribution in [2.45, 2.75) is 25.1 Å². The lowest BCUT2D eigenvalue weighted by molar-refractivity contribution is -0.187. The Morgan fingerprint density at radius 1 is 1.50 bits per heavy atom. The van der Waals surface area contributed by atoms with E-state index in [1.807, 2.05) is 0 Å². The second-order valence-corrected chi connectivity index (χ2v) is 5.08. The Morgan fingerprint density at radius 3 is 2.55 bits per heavy atom. The van der Waals surface area contributed by atoms with Crippen LogP contribution >= 0.6 is 11.3 Å². The van der Waals surface area contributed by atoms with E-state index in [9.17, 15) is 22.8 Å². The summed E-state index contributed by atoms with van der Waals surface area (Å²) >= 11 is 1.05. The molecule has 0 saturated carbocycles. The molecule has 1 aromatic rings. The van der Waals surface area contributed by atoms with E-state index in [1.165, 1.54) is 5.38 Å². The molecule has 4 N–H and O–H groups in total. The lowest BCUT2D eigenvalue weighted by atomic mass is 10.0. The van der Waals surface area contributed by atoms with Crippen molar-refractivity contribution in [1.29, 1.82) is 0 Å². The van der Waals surface area contributed by atoms with Gasteiger partial charge < -0.3 is 16.2 Å². The minimum absolute atomic E-state index is 0.117. The van der Waals surface area contributed by atoms with Gasteiger partial charge in [-0.3, -0.25) is 4.79 Å². The Balaban J connectivity index is 2.52. The normalized spacial score (nSPS) is 14.7. The maximum absolute atomic E-state index is 12.5. The number of thiazole rings is 1. The average molecular weight is 311 g/mol. The molecule has 0 spiro atoms. The lowest BCUT2D eigenvalue weighted by Gasteiger charge is -2.25. The minimum Gasteiger partial charge on any atom is -0.476 e. The Labute approximate surface area is 115 Å². The Morgan fingerprint density at radius 2 is 2.10 bits per heavy atom. The highest BCUT2D eigenvalue weighted by atomic mass is 32.1. The number of hydrogen-bond donors (Lipinski definition) is 3. The first-order valence-corrected chi connectivity index (χ1v) is 6.25. The van der Waals surface area contributed by atoms with Crippen molar-refractivity contribution in [3.8, 4) is 0 Å². The highest BCUT2D eigenvalue weighted by Gasteiger charge is 2.53. The van der Waals surface area contributed by atoms with Crippen molar-refractivity contribution >= 4 is 23.2 Å². The molecule has 6 nitrogen and oxygen atoms in total. The van der Waals surface area contributed by atoms with Gasteiger partial charge in [0.15, 0.2) is 11.2 Å². The standard InChI is InChI=1S/C10H12F3N3O3S/c1-9(14,10(11,12)13)8(19)15-3-2-6-16-5(4-20-6)7(17)18/h4H,2-3,14H2,1H3,(H,15,19)(H,17,18). The Kier molecular flexibility index (Phi) is 4.71. The summed E-state index contributed by atoms with van der Waals surface area (Å²) in [5.41, 5.74) is 1.82. The molecule has 0 aromatic carbocycles. The van der Waals surface area contributed by atoms with Crippen molar-refractivity contribution in [3.05, 3.63) is 16.1 Å². The van der Waals surface area contributed by atoms with Gasteiger partial charge in [-0.25, -0.2) is 9.78 Å². The van der Waals surface area contributed by atoms with E-state index in [1.54, 1.807) is 0 Å². The van der Waals surface area contributed by atoms with Gasteiger partial charge in [0.2, 0.25) is 5.91 Å². The third kappa shape index (κ3) is 3.67. The molecule has 0 fully saturated rings. The Hall–Kier alpha value is -1.68. The summed E-state index contributed by atoms with van der Waals surface area (Å²) in [6.45, 7) is 0.461. The molecule has 1 atom stereocenters. The quantitative estimate of drug-likeness (QED) is 0.745. The third-order valence-electron chi connectivity index (χ3n) is 2.46. The molecule has 112 valence electrons. The summed E-state index contributed by atoms with van der Waals surface area (Å²) in [6, 6.07) is 0. The lowest BCUT2D eigenvalue weighted by Crippen LogP contribution is -2.61. The van der Waals surface area contributed by atoms with Crippen LogP contribution in [0.15, 0.2) is 5.38 Å². The molecule has 0 aliphatic rings. The smallest absolute Gasteiger partial charge is 0.415 e. The zero-order valence-corrected chi connectivity index (χ0v) is 11.1. The monoisotopic (exact) mass is 311 g/mol. The van der Waals surface area contributed by atoms with Crippen LogP contribution in [0.1, 0.15) is 22.4 Å². The number of carbonyl (C=O) groups excluding carboxylic acids is 1. The van der Waals surface area contributed by atoms with Crippen molar-refractivity contribution < 1.29 is 27.9 Å². The fourth-order valence-electron chi connectivity index (χ4n) is 1.12. The number of halogens is 3. The van der Waals surface area contributed by atoms with E-state index in [2.05, 4.69) is 10.3 Å². The zero-order chi connectivity index (χ0) is 15.6. The van der Waals surface area contributed by atoms with Gasteiger partial charge >= 0.3 is 12.1 Å². The molecule has 1 heterocycles. The highest BCUT2D eigenvalue weighted by Crippen LogP contribution is 2.27. The molecular weight excluding hydrogens is 299 g/mol. The van der Waals surface area contributed by atoms with Crippen LogP contribution in [0.25, 0.3) is 0 Å². The first kappa shape index (κ1) is 16.4. The predicted molar refractivity (Wildman–Crippen MR) is 64.4 cm³/mol. The topological polar surface area (TPSA) is 105 Å². The number of amides is 1. The summed E-state index contributed by atoms with van der Waals surface area (Å²) in [7, 11) is 0. The van der Waals surface area contributed by atoms with Crippen LogP contribution in [0, 0.1) is 0 Å². The molecule has 1 rings (SSSR count). The van der Waals surface area contributed by atoms with Gasteiger partial charge in [0, 0.05) is 18.3 Å². The number of rotatable bonds is 5. The Bertz CT molecular complexity index is 513. The van der Waals surface area contributed by atoms with Crippen molar-refractivity contribution in [2.75, 3.05) is 6.54 Å². The van der Waals surface area contributed by atoms with E-state index in [-0.39, 0.29) is 18.7 Å². The van der Waals surface area contributed by atoms with Gasteiger partial charge in [-0.2, -0.15) is 13.2 Å². The number of carboxylic acids is 1. The van der Waals surface area contributed by atoms with E-state index >= 15 is 0 Å². The van der Waals surface area contributed by atoms with Crippen LogP contribution in [0.4, 0.5) is 13.2 Å². The average Bonchev–Trinajstić information content (AvgIpc) is 2.76. The number of nitrogens with zero attached hydrogens (tertiary/aromatic N) is 1. The number of aromatic nitrogens is 1. The second kappa shape index (κ2) is 5.75. The maximum atomic E-state index is 12.5. The van der Waals surface area contributed by atoms with Crippen LogP contribution < -0.4 is 11.1 Å². The zero-order valence-electron chi connectivity index (χ0n) is 10.3. The molecule has 0 radical (unpaired) electrons. The SMILES string of the molecule is CC(N)(C(=O)NCCc1nc(C(=O)O)cs1)C(F)(F)F. The van der Waals surface area contributed by atoms with Crippen LogP contribution in [-0.4, -0.2) is 40.2 Å². The number of aromatic carboxylic acids is 1. The number of hydrogen-bond acceptors (Lipinski definition) is 5. The number of alkyl halides is 3. The van der Waals surface area contributed by atoms with Gasteiger partial charge in [-0.05, 0) is 6.92 Å². The molecule has 1 amide bonds. The first-order valence-electron chi connectivity index (χ1n) is 5.37. The van der Waals surface area contributed by atoms with Crippen LogP contribution in [0.2, 0.25) is 0 Å². The molecule has 0 aliphatic heterocycles. The fourth-order valence-corrected chi connectivity index (χ4v) is 1.89. The van der Waals surface area contributed by atoms with Gasteiger partial charge in [0.1, 0.15) is 0 Å². The molecule has 1 aromatic heterocycles. The fraction of sp³-hybridized carbons (Fsp3) is 0.500. The number of carboxylic acid groups (broad SMARTS) is 1. The molecule has 0 saturated heterocycles. The maximum Gasteiger partial charge on any atom is 0.415 e. The van der Waals surface area contributed by atoms with Crippen LogP contribution in [0.5, 0.6) is 0 Å². The van der Waals surface area contributed by atoms with E-state index in [0.717, 1.165) is 11.3 Å².